The third-order valence-corrected chi connectivity index (χ3v) is 4.65. The van der Waals surface area contributed by atoms with Gasteiger partial charge in [-0.05, 0) is 33.6 Å². The smallest absolute Gasteiger partial charge is 0.230 e. The van der Waals surface area contributed by atoms with E-state index in [1.807, 2.05) is 51.3 Å². The van der Waals surface area contributed by atoms with Gasteiger partial charge in [0.25, 0.3) is 0 Å². The van der Waals surface area contributed by atoms with Crippen LogP contribution in [0.3, 0.4) is 0 Å². The lowest BCUT2D eigenvalue weighted by Crippen LogP contribution is -2.60. The first kappa shape index (κ1) is 18.0. The number of carbonyl (C=O) groups excluding carboxylic acids is 2. The molecule has 1 rings (SSSR count). The SMILES string of the molecule is CC(C)CC(=O)N1CCN(C(=O)C(C)(C)C(C)(C)N)CC1. The van der Waals surface area contributed by atoms with Crippen molar-refractivity contribution in [2.24, 2.45) is 17.1 Å². The van der Waals surface area contributed by atoms with Gasteiger partial charge in [0.1, 0.15) is 0 Å². The Morgan fingerprint density at radius 1 is 1.00 bits per heavy atom. The fourth-order valence-electron chi connectivity index (χ4n) is 2.31. The number of hydrogen-bond acceptors (Lipinski definition) is 3. The monoisotopic (exact) mass is 297 g/mol. The second-order valence-electron chi connectivity index (χ2n) is 7.62. The largest absolute Gasteiger partial charge is 0.339 e. The molecular formula is C16H31N3O2. The number of piperazine rings is 1. The molecule has 21 heavy (non-hydrogen) atoms. The van der Waals surface area contributed by atoms with E-state index in [9.17, 15) is 9.59 Å². The molecule has 2 amide bonds. The molecule has 0 radical (unpaired) electrons. The maximum atomic E-state index is 12.7. The van der Waals surface area contributed by atoms with E-state index in [1.54, 1.807) is 0 Å². The molecule has 0 unspecified atom stereocenters. The fraction of sp³-hybridized carbons (Fsp3) is 0.875. The van der Waals surface area contributed by atoms with Gasteiger partial charge in [-0.2, -0.15) is 0 Å². The van der Waals surface area contributed by atoms with Crippen LogP contribution in [-0.4, -0.2) is 53.3 Å². The Labute approximate surface area is 128 Å². The van der Waals surface area contributed by atoms with E-state index in [4.69, 9.17) is 5.73 Å². The normalized spacial score (nSPS) is 17.3. The highest BCUT2D eigenvalue weighted by atomic mass is 16.2. The fourth-order valence-corrected chi connectivity index (χ4v) is 2.31. The minimum Gasteiger partial charge on any atom is -0.339 e. The first-order chi connectivity index (χ1) is 9.46. The van der Waals surface area contributed by atoms with Crippen molar-refractivity contribution >= 4 is 11.8 Å². The predicted molar refractivity (Wildman–Crippen MR) is 84.7 cm³/mol. The molecule has 0 atom stereocenters. The number of nitrogens with zero attached hydrogens (tertiary/aromatic N) is 2. The van der Waals surface area contributed by atoms with Crippen molar-refractivity contribution in [1.29, 1.82) is 0 Å². The van der Waals surface area contributed by atoms with Crippen LogP contribution < -0.4 is 5.73 Å². The molecule has 0 spiro atoms. The van der Waals surface area contributed by atoms with Gasteiger partial charge < -0.3 is 15.5 Å². The molecule has 2 N–H and O–H groups in total. The topological polar surface area (TPSA) is 66.6 Å². The van der Waals surface area contributed by atoms with E-state index >= 15 is 0 Å². The van der Waals surface area contributed by atoms with Crippen LogP contribution in [0.25, 0.3) is 0 Å². The standard InChI is InChI=1S/C16H31N3O2/c1-12(2)11-13(20)18-7-9-19(10-8-18)14(21)15(3,4)16(5,6)17/h12H,7-11,17H2,1-6H3. The van der Waals surface area contributed by atoms with Gasteiger partial charge in [-0.1, -0.05) is 13.8 Å². The van der Waals surface area contributed by atoms with Crippen molar-refractivity contribution in [3.8, 4) is 0 Å². The summed E-state index contributed by atoms with van der Waals surface area (Å²) in [5.74, 6) is 0.635. The van der Waals surface area contributed by atoms with Crippen molar-refractivity contribution in [3.05, 3.63) is 0 Å². The van der Waals surface area contributed by atoms with Crippen molar-refractivity contribution in [2.45, 2.75) is 53.5 Å². The molecule has 1 aliphatic heterocycles. The molecule has 0 aromatic heterocycles. The second kappa shape index (κ2) is 6.34. The van der Waals surface area contributed by atoms with Crippen LogP contribution in [-0.2, 0) is 9.59 Å². The van der Waals surface area contributed by atoms with Gasteiger partial charge in [-0.15, -0.1) is 0 Å². The van der Waals surface area contributed by atoms with Crippen LogP contribution in [0.2, 0.25) is 0 Å². The molecule has 0 aromatic rings. The van der Waals surface area contributed by atoms with E-state index in [0.717, 1.165) is 0 Å². The van der Waals surface area contributed by atoms with Crippen molar-refractivity contribution in [1.82, 2.24) is 9.80 Å². The minimum absolute atomic E-state index is 0.0750. The Kier molecular flexibility index (Phi) is 5.42. The van der Waals surface area contributed by atoms with Crippen LogP contribution in [0, 0.1) is 11.3 Å². The quantitative estimate of drug-likeness (QED) is 0.854. The molecule has 1 heterocycles. The lowest BCUT2D eigenvalue weighted by atomic mass is 9.74. The summed E-state index contributed by atoms with van der Waals surface area (Å²) in [6, 6.07) is 0. The number of nitrogens with two attached hydrogens (primary N) is 1. The molecule has 122 valence electrons. The number of amides is 2. The summed E-state index contributed by atoms with van der Waals surface area (Å²) < 4.78 is 0. The Hall–Kier alpha value is -1.10. The summed E-state index contributed by atoms with van der Waals surface area (Å²) in [6.45, 7) is 14.1. The summed E-state index contributed by atoms with van der Waals surface area (Å²) in [6.07, 6.45) is 0.579. The molecule has 1 saturated heterocycles. The van der Waals surface area contributed by atoms with E-state index in [2.05, 4.69) is 0 Å². The number of hydrogen-bond donors (Lipinski definition) is 1. The Bertz CT molecular complexity index is 389. The van der Waals surface area contributed by atoms with Crippen molar-refractivity contribution < 1.29 is 9.59 Å². The summed E-state index contributed by atoms with van der Waals surface area (Å²) in [4.78, 5) is 28.4. The Morgan fingerprint density at radius 3 is 1.81 bits per heavy atom. The highest BCUT2D eigenvalue weighted by Gasteiger charge is 2.43. The average Bonchev–Trinajstić information content (AvgIpc) is 2.35. The third kappa shape index (κ3) is 4.19. The molecule has 0 aliphatic carbocycles. The van der Waals surface area contributed by atoms with Crippen LogP contribution in [0.15, 0.2) is 0 Å². The van der Waals surface area contributed by atoms with Crippen LogP contribution in [0.5, 0.6) is 0 Å². The molecule has 1 fully saturated rings. The lowest BCUT2D eigenvalue weighted by Gasteiger charge is -2.43. The van der Waals surface area contributed by atoms with Gasteiger partial charge in [0, 0.05) is 38.1 Å². The average molecular weight is 297 g/mol. The van der Waals surface area contributed by atoms with Gasteiger partial charge >= 0.3 is 0 Å². The highest BCUT2D eigenvalue weighted by Crippen LogP contribution is 2.31. The molecule has 0 saturated carbocycles. The van der Waals surface area contributed by atoms with E-state index in [0.29, 0.717) is 38.5 Å². The maximum Gasteiger partial charge on any atom is 0.230 e. The third-order valence-electron chi connectivity index (χ3n) is 4.65. The maximum absolute atomic E-state index is 12.7. The molecular weight excluding hydrogens is 266 g/mol. The van der Waals surface area contributed by atoms with Gasteiger partial charge in [0.15, 0.2) is 0 Å². The summed E-state index contributed by atoms with van der Waals surface area (Å²) in [5, 5.41) is 0. The Morgan fingerprint density at radius 2 is 1.43 bits per heavy atom. The predicted octanol–water partition coefficient (Wildman–Crippen LogP) is 1.47. The van der Waals surface area contributed by atoms with Crippen molar-refractivity contribution in [2.75, 3.05) is 26.2 Å². The van der Waals surface area contributed by atoms with Gasteiger partial charge in [0.2, 0.25) is 11.8 Å². The molecule has 0 bridgehead atoms. The second-order valence-corrected chi connectivity index (χ2v) is 7.62. The van der Waals surface area contributed by atoms with Crippen LogP contribution in [0.4, 0.5) is 0 Å². The van der Waals surface area contributed by atoms with Crippen LogP contribution in [0.1, 0.15) is 48.0 Å². The van der Waals surface area contributed by atoms with Crippen LogP contribution >= 0.6 is 0 Å². The molecule has 5 nitrogen and oxygen atoms in total. The zero-order valence-corrected chi connectivity index (χ0v) is 14.4. The van der Waals surface area contributed by atoms with Gasteiger partial charge in [0.05, 0.1) is 5.41 Å². The van der Waals surface area contributed by atoms with E-state index in [-0.39, 0.29) is 11.8 Å². The first-order valence-electron chi connectivity index (χ1n) is 7.83. The summed E-state index contributed by atoms with van der Waals surface area (Å²) >= 11 is 0. The Balaban J connectivity index is 2.61. The zero-order chi connectivity index (χ0) is 16.4. The molecule has 1 aliphatic rings. The summed E-state index contributed by atoms with van der Waals surface area (Å²) in [7, 11) is 0. The first-order valence-corrected chi connectivity index (χ1v) is 7.83. The van der Waals surface area contributed by atoms with Crippen molar-refractivity contribution in [3.63, 3.8) is 0 Å². The number of rotatable bonds is 4. The molecule has 5 heteroatoms. The van der Waals surface area contributed by atoms with Gasteiger partial charge in [-0.25, -0.2) is 0 Å². The minimum atomic E-state index is -0.614. The van der Waals surface area contributed by atoms with E-state index < -0.39 is 11.0 Å². The van der Waals surface area contributed by atoms with E-state index in [1.165, 1.54) is 0 Å². The zero-order valence-electron chi connectivity index (χ0n) is 14.4. The molecule has 0 aromatic carbocycles. The number of carbonyl (C=O) groups is 2. The summed E-state index contributed by atoms with van der Waals surface area (Å²) in [5.41, 5.74) is 4.95. The van der Waals surface area contributed by atoms with Gasteiger partial charge in [-0.3, -0.25) is 9.59 Å². The highest BCUT2D eigenvalue weighted by molar-refractivity contribution is 5.84. The lowest BCUT2D eigenvalue weighted by molar-refractivity contribution is -0.148.